The van der Waals surface area contributed by atoms with Gasteiger partial charge in [-0.3, -0.25) is 4.90 Å². The van der Waals surface area contributed by atoms with E-state index in [1.807, 2.05) is 0 Å². The number of hydrogen-bond acceptors (Lipinski definition) is 3. The summed E-state index contributed by atoms with van der Waals surface area (Å²) in [4.78, 5) is 6.58. The highest BCUT2D eigenvalue weighted by Crippen LogP contribution is 2.21. The minimum atomic E-state index is 0.448. The van der Waals surface area contributed by atoms with Crippen LogP contribution < -0.4 is 5.32 Å². The molecule has 0 radical (unpaired) electrons. The zero-order chi connectivity index (χ0) is 14.5. The fourth-order valence-corrected chi connectivity index (χ4v) is 3.02. The predicted molar refractivity (Wildman–Crippen MR) is 85.4 cm³/mol. The monoisotopic (exact) mass is 315 g/mol. The summed E-state index contributed by atoms with van der Waals surface area (Å²) < 4.78 is 0. The van der Waals surface area contributed by atoms with Crippen LogP contribution in [0.2, 0.25) is 10.2 Å². The third-order valence-electron chi connectivity index (χ3n) is 3.87. The lowest BCUT2D eigenvalue weighted by atomic mass is 10.0. The Morgan fingerprint density at radius 1 is 1.40 bits per heavy atom. The van der Waals surface area contributed by atoms with Gasteiger partial charge in [0.05, 0.1) is 0 Å². The molecule has 1 saturated heterocycles. The summed E-state index contributed by atoms with van der Waals surface area (Å²) in [6, 6.07) is 2.78. The van der Waals surface area contributed by atoms with Crippen molar-refractivity contribution in [2.45, 2.75) is 51.7 Å². The maximum atomic E-state index is 6.25. The van der Waals surface area contributed by atoms with E-state index in [0.717, 1.165) is 25.2 Å². The summed E-state index contributed by atoms with van der Waals surface area (Å²) in [6.07, 6.45) is 5.67. The topological polar surface area (TPSA) is 28.2 Å². The quantitative estimate of drug-likeness (QED) is 0.839. The Kier molecular flexibility index (Phi) is 6.09. The molecule has 1 aliphatic rings. The van der Waals surface area contributed by atoms with Crippen molar-refractivity contribution in [2.24, 2.45) is 0 Å². The lowest BCUT2D eigenvalue weighted by Crippen LogP contribution is -2.45. The minimum absolute atomic E-state index is 0.448. The number of rotatable bonds is 5. The highest BCUT2D eigenvalue weighted by atomic mass is 35.5. The van der Waals surface area contributed by atoms with Gasteiger partial charge >= 0.3 is 0 Å². The Morgan fingerprint density at radius 3 is 2.80 bits per heavy atom. The molecule has 2 heterocycles. The van der Waals surface area contributed by atoms with Gasteiger partial charge in [-0.05, 0) is 39.3 Å². The molecule has 20 heavy (non-hydrogen) atoms. The van der Waals surface area contributed by atoms with E-state index in [4.69, 9.17) is 23.2 Å². The Labute approximate surface area is 131 Å². The van der Waals surface area contributed by atoms with Crippen molar-refractivity contribution in [1.82, 2.24) is 15.2 Å². The van der Waals surface area contributed by atoms with Gasteiger partial charge in [-0.15, -0.1) is 0 Å². The average molecular weight is 316 g/mol. The summed E-state index contributed by atoms with van der Waals surface area (Å²) in [5.41, 5.74) is 1.04. The second kappa shape index (κ2) is 7.60. The van der Waals surface area contributed by atoms with Crippen LogP contribution in [0.4, 0.5) is 0 Å². The maximum Gasteiger partial charge on any atom is 0.130 e. The number of pyridine rings is 1. The smallest absolute Gasteiger partial charge is 0.130 e. The highest BCUT2D eigenvalue weighted by molar-refractivity contribution is 6.34. The molecule has 0 amide bonds. The molecular weight excluding hydrogens is 293 g/mol. The van der Waals surface area contributed by atoms with Gasteiger partial charge in [-0.1, -0.05) is 29.6 Å². The van der Waals surface area contributed by atoms with Gasteiger partial charge < -0.3 is 5.32 Å². The first-order valence-electron chi connectivity index (χ1n) is 7.33. The van der Waals surface area contributed by atoms with Crippen LogP contribution in [0.25, 0.3) is 0 Å². The first-order valence-corrected chi connectivity index (χ1v) is 8.09. The van der Waals surface area contributed by atoms with Gasteiger partial charge in [0, 0.05) is 42.0 Å². The number of nitrogens with zero attached hydrogens (tertiary/aromatic N) is 2. The van der Waals surface area contributed by atoms with Gasteiger partial charge in [0.15, 0.2) is 0 Å². The SMILES string of the molecule is CC(C)N(Cc1cnc(Cl)cc1Cl)CC1CCCCN1. The Morgan fingerprint density at radius 2 is 2.20 bits per heavy atom. The molecule has 1 aromatic heterocycles. The molecule has 1 atom stereocenters. The molecule has 0 aromatic carbocycles. The largest absolute Gasteiger partial charge is 0.313 e. The molecule has 0 spiro atoms. The molecule has 1 unspecified atom stereocenters. The van der Waals surface area contributed by atoms with Crippen molar-refractivity contribution in [3.8, 4) is 0 Å². The van der Waals surface area contributed by atoms with E-state index in [1.165, 1.54) is 19.3 Å². The fourth-order valence-electron chi connectivity index (χ4n) is 2.59. The van der Waals surface area contributed by atoms with Crippen LogP contribution >= 0.6 is 23.2 Å². The average Bonchev–Trinajstić information content (AvgIpc) is 2.42. The minimum Gasteiger partial charge on any atom is -0.313 e. The molecule has 112 valence electrons. The van der Waals surface area contributed by atoms with E-state index >= 15 is 0 Å². The van der Waals surface area contributed by atoms with Crippen molar-refractivity contribution in [1.29, 1.82) is 0 Å². The van der Waals surface area contributed by atoms with Gasteiger partial charge in [0.1, 0.15) is 5.15 Å². The number of halogens is 2. The van der Waals surface area contributed by atoms with E-state index in [-0.39, 0.29) is 0 Å². The summed E-state index contributed by atoms with van der Waals surface area (Å²) in [5.74, 6) is 0. The van der Waals surface area contributed by atoms with Crippen molar-refractivity contribution in [2.75, 3.05) is 13.1 Å². The normalized spacial score (nSPS) is 19.8. The van der Waals surface area contributed by atoms with Gasteiger partial charge in [0.25, 0.3) is 0 Å². The number of aromatic nitrogens is 1. The summed E-state index contributed by atoms with van der Waals surface area (Å²) in [7, 11) is 0. The summed E-state index contributed by atoms with van der Waals surface area (Å²) in [5, 5.41) is 4.75. The molecular formula is C15H23Cl2N3. The standard InChI is InChI=1S/C15H23Cl2N3/c1-11(2)20(10-13-5-3-4-6-18-13)9-12-8-19-15(17)7-14(12)16/h7-8,11,13,18H,3-6,9-10H2,1-2H3. The van der Waals surface area contributed by atoms with Crippen LogP contribution in [-0.4, -0.2) is 35.1 Å². The van der Waals surface area contributed by atoms with Crippen LogP contribution in [0.3, 0.4) is 0 Å². The molecule has 0 saturated carbocycles. The van der Waals surface area contributed by atoms with Crippen LogP contribution in [0.5, 0.6) is 0 Å². The van der Waals surface area contributed by atoms with Crippen LogP contribution in [0.1, 0.15) is 38.7 Å². The number of nitrogens with one attached hydrogen (secondary N) is 1. The highest BCUT2D eigenvalue weighted by Gasteiger charge is 2.19. The first kappa shape index (κ1) is 16.0. The number of piperidine rings is 1. The van der Waals surface area contributed by atoms with E-state index in [9.17, 15) is 0 Å². The Hall–Kier alpha value is -0.350. The molecule has 0 aliphatic carbocycles. The van der Waals surface area contributed by atoms with E-state index in [1.54, 1.807) is 12.3 Å². The van der Waals surface area contributed by atoms with Crippen LogP contribution in [-0.2, 0) is 6.54 Å². The Bertz CT molecular complexity index is 431. The van der Waals surface area contributed by atoms with E-state index < -0.39 is 0 Å². The molecule has 1 aliphatic heterocycles. The fraction of sp³-hybridized carbons (Fsp3) is 0.667. The lowest BCUT2D eigenvalue weighted by Gasteiger charge is -2.33. The molecule has 3 nitrogen and oxygen atoms in total. The second-order valence-electron chi connectivity index (χ2n) is 5.77. The van der Waals surface area contributed by atoms with Crippen molar-refractivity contribution in [3.05, 3.63) is 28.0 Å². The molecule has 5 heteroatoms. The van der Waals surface area contributed by atoms with Crippen LogP contribution in [0, 0.1) is 0 Å². The van der Waals surface area contributed by atoms with E-state index in [2.05, 4.69) is 29.0 Å². The second-order valence-corrected chi connectivity index (χ2v) is 6.56. The van der Waals surface area contributed by atoms with Crippen molar-refractivity contribution >= 4 is 23.2 Å². The number of hydrogen-bond donors (Lipinski definition) is 1. The third kappa shape index (κ3) is 4.59. The lowest BCUT2D eigenvalue weighted by molar-refractivity contribution is 0.177. The van der Waals surface area contributed by atoms with Crippen LogP contribution in [0.15, 0.2) is 12.3 Å². The molecule has 1 fully saturated rings. The predicted octanol–water partition coefficient (Wildman–Crippen LogP) is 3.74. The molecule has 2 rings (SSSR count). The third-order valence-corrected chi connectivity index (χ3v) is 4.43. The zero-order valence-electron chi connectivity index (χ0n) is 12.2. The zero-order valence-corrected chi connectivity index (χ0v) is 13.7. The van der Waals surface area contributed by atoms with Crippen molar-refractivity contribution in [3.63, 3.8) is 0 Å². The molecule has 0 bridgehead atoms. The first-order chi connectivity index (χ1) is 9.56. The molecule has 1 N–H and O–H groups in total. The Balaban J connectivity index is 2.01. The van der Waals surface area contributed by atoms with Gasteiger partial charge in [-0.25, -0.2) is 4.98 Å². The summed E-state index contributed by atoms with van der Waals surface area (Å²) >= 11 is 12.1. The molecule has 1 aromatic rings. The van der Waals surface area contributed by atoms with Gasteiger partial charge in [-0.2, -0.15) is 0 Å². The van der Waals surface area contributed by atoms with Gasteiger partial charge in [0.2, 0.25) is 0 Å². The maximum absolute atomic E-state index is 6.25. The summed E-state index contributed by atoms with van der Waals surface area (Å²) in [6.45, 7) is 7.45. The van der Waals surface area contributed by atoms with E-state index in [0.29, 0.717) is 22.3 Å². The van der Waals surface area contributed by atoms with Crippen molar-refractivity contribution < 1.29 is 0 Å².